The predicted octanol–water partition coefficient (Wildman–Crippen LogP) is 3.61. The molecule has 0 unspecified atom stereocenters. The minimum atomic E-state index is 0.639. The SMILES string of the molecule is CC1CCC(CCNC(=S)NC2CCCC2)CC1. The van der Waals surface area contributed by atoms with Crippen LogP contribution in [0.25, 0.3) is 0 Å². The molecule has 104 valence electrons. The van der Waals surface area contributed by atoms with Crippen LogP contribution in [0.15, 0.2) is 0 Å². The topological polar surface area (TPSA) is 24.1 Å². The lowest BCUT2D eigenvalue weighted by atomic mass is 9.81. The maximum atomic E-state index is 5.35. The molecule has 0 aromatic heterocycles. The van der Waals surface area contributed by atoms with Crippen molar-refractivity contribution in [3.05, 3.63) is 0 Å². The Hall–Kier alpha value is -0.310. The van der Waals surface area contributed by atoms with E-state index in [4.69, 9.17) is 12.2 Å². The van der Waals surface area contributed by atoms with E-state index in [0.29, 0.717) is 6.04 Å². The largest absolute Gasteiger partial charge is 0.363 e. The van der Waals surface area contributed by atoms with E-state index in [1.54, 1.807) is 0 Å². The van der Waals surface area contributed by atoms with E-state index in [0.717, 1.165) is 23.5 Å². The fourth-order valence-electron chi connectivity index (χ4n) is 3.31. The van der Waals surface area contributed by atoms with Crippen LogP contribution in [-0.4, -0.2) is 17.7 Å². The molecule has 2 nitrogen and oxygen atoms in total. The number of thiocarbonyl (C=S) groups is 1. The fourth-order valence-corrected chi connectivity index (χ4v) is 3.58. The van der Waals surface area contributed by atoms with Crippen LogP contribution in [0.2, 0.25) is 0 Å². The van der Waals surface area contributed by atoms with Gasteiger partial charge in [0.25, 0.3) is 0 Å². The molecule has 0 heterocycles. The van der Waals surface area contributed by atoms with Gasteiger partial charge in [-0.05, 0) is 43.3 Å². The summed E-state index contributed by atoms with van der Waals surface area (Å²) in [6.45, 7) is 3.44. The molecule has 0 aliphatic heterocycles. The van der Waals surface area contributed by atoms with Crippen molar-refractivity contribution in [3.63, 3.8) is 0 Å². The van der Waals surface area contributed by atoms with E-state index >= 15 is 0 Å². The molecule has 18 heavy (non-hydrogen) atoms. The molecule has 2 aliphatic carbocycles. The first kappa shape index (κ1) is 14.1. The zero-order chi connectivity index (χ0) is 12.8. The van der Waals surface area contributed by atoms with Crippen molar-refractivity contribution in [1.82, 2.24) is 10.6 Å². The summed E-state index contributed by atoms with van der Waals surface area (Å²) in [6.07, 6.45) is 12.3. The molecule has 2 saturated carbocycles. The van der Waals surface area contributed by atoms with Crippen LogP contribution in [-0.2, 0) is 0 Å². The van der Waals surface area contributed by atoms with Gasteiger partial charge in [0.1, 0.15) is 0 Å². The van der Waals surface area contributed by atoms with Crippen molar-refractivity contribution >= 4 is 17.3 Å². The number of hydrogen-bond acceptors (Lipinski definition) is 1. The summed E-state index contributed by atoms with van der Waals surface area (Å²) in [5.41, 5.74) is 0. The smallest absolute Gasteiger partial charge is 0.166 e. The summed E-state index contributed by atoms with van der Waals surface area (Å²) in [7, 11) is 0. The average Bonchev–Trinajstić information content (AvgIpc) is 2.84. The van der Waals surface area contributed by atoms with Gasteiger partial charge in [0.05, 0.1) is 0 Å². The Kier molecular flexibility index (Phi) is 5.74. The highest BCUT2D eigenvalue weighted by Crippen LogP contribution is 2.29. The van der Waals surface area contributed by atoms with Crippen LogP contribution >= 0.6 is 12.2 Å². The highest BCUT2D eigenvalue weighted by molar-refractivity contribution is 7.80. The van der Waals surface area contributed by atoms with Crippen molar-refractivity contribution in [2.75, 3.05) is 6.54 Å². The molecule has 3 heteroatoms. The molecule has 2 aliphatic rings. The lowest BCUT2D eigenvalue weighted by Gasteiger charge is -2.26. The molecule has 0 aromatic carbocycles. The molecule has 2 N–H and O–H groups in total. The lowest BCUT2D eigenvalue weighted by Crippen LogP contribution is -2.41. The Bertz CT molecular complexity index is 253. The minimum absolute atomic E-state index is 0.639. The highest BCUT2D eigenvalue weighted by atomic mass is 32.1. The molecular weight excluding hydrogens is 240 g/mol. The van der Waals surface area contributed by atoms with E-state index in [1.807, 2.05) is 0 Å². The predicted molar refractivity (Wildman–Crippen MR) is 81.7 cm³/mol. The molecule has 2 fully saturated rings. The Morgan fingerprint density at radius 1 is 1.06 bits per heavy atom. The molecule has 0 atom stereocenters. The molecule has 0 aromatic rings. The van der Waals surface area contributed by atoms with E-state index in [9.17, 15) is 0 Å². The van der Waals surface area contributed by atoms with Gasteiger partial charge in [0.15, 0.2) is 5.11 Å². The monoisotopic (exact) mass is 268 g/mol. The Labute approximate surface area is 117 Å². The summed E-state index contributed by atoms with van der Waals surface area (Å²) < 4.78 is 0. The lowest BCUT2D eigenvalue weighted by molar-refractivity contribution is 0.278. The number of hydrogen-bond donors (Lipinski definition) is 2. The average molecular weight is 268 g/mol. The third-order valence-corrected chi connectivity index (χ3v) is 4.93. The van der Waals surface area contributed by atoms with Gasteiger partial charge in [-0.3, -0.25) is 0 Å². The van der Waals surface area contributed by atoms with Gasteiger partial charge in [-0.15, -0.1) is 0 Å². The van der Waals surface area contributed by atoms with Gasteiger partial charge < -0.3 is 10.6 Å². The molecule has 0 radical (unpaired) electrons. The van der Waals surface area contributed by atoms with Crippen molar-refractivity contribution in [1.29, 1.82) is 0 Å². The van der Waals surface area contributed by atoms with Gasteiger partial charge in [-0.2, -0.15) is 0 Å². The van der Waals surface area contributed by atoms with E-state index < -0.39 is 0 Å². The molecule has 0 amide bonds. The minimum Gasteiger partial charge on any atom is -0.363 e. The number of rotatable bonds is 4. The molecular formula is C15H28N2S. The summed E-state index contributed by atoms with van der Waals surface area (Å²) in [5.74, 6) is 1.89. The zero-order valence-electron chi connectivity index (χ0n) is 11.7. The van der Waals surface area contributed by atoms with Crippen molar-refractivity contribution < 1.29 is 0 Å². The second-order valence-corrected chi connectivity index (χ2v) is 6.70. The first-order valence-corrected chi connectivity index (χ1v) is 8.19. The van der Waals surface area contributed by atoms with Crippen LogP contribution in [0, 0.1) is 11.8 Å². The van der Waals surface area contributed by atoms with Gasteiger partial charge in [-0.25, -0.2) is 0 Å². The maximum Gasteiger partial charge on any atom is 0.166 e. The van der Waals surface area contributed by atoms with Crippen molar-refractivity contribution in [3.8, 4) is 0 Å². The third-order valence-electron chi connectivity index (χ3n) is 4.66. The molecule has 2 rings (SSSR count). The van der Waals surface area contributed by atoms with Crippen LogP contribution in [0.1, 0.15) is 64.7 Å². The summed E-state index contributed by atoms with van der Waals surface area (Å²) in [4.78, 5) is 0. The van der Waals surface area contributed by atoms with Crippen LogP contribution in [0.5, 0.6) is 0 Å². The molecule has 0 bridgehead atoms. The highest BCUT2D eigenvalue weighted by Gasteiger charge is 2.18. The fraction of sp³-hybridized carbons (Fsp3) is 0.933. The standard InChI is InChI=1S/C15H28N2S/c1-12-6-8-13(9-7-12)10-11-16-15(18)17-14-4-2-3-5-14/h12-14H,2-11H2,1H3,(H2,16,17,18). The van der Waals surface area contributed by atoms with Crippen molar-refractivity contribution in [2.45, 2.75) is 70.8 Å². The maximum absolute atomic E-state index is 5.35. The summed E-state index contributed by atoms with van der Waals surface area (Å²) in [6, 6.07) is 0.639. The van der Waals surface area contributed by atoms with E-state index in [-0.39, 0.29) is 0 Å². The summed E-state index contributed by atoms with van der Waals surface area (Å²) >= 11 is 5.35. The van der Waals surface area contributed by atoms with Gasteiger partial charge in [0.2, 0.25) is 0 Å². The Morgan fingerprint density at radius 3 is 2.39 bits per heavy atom. The molecule has 0 spiro atoms. The van der Waals surface area contributed by atoms with Crippen LogP contribution < -0.4 is 10.6 Å². The normalized spacial score (nSPS) is 29.2. The number of nitrogens with one attached hydrogen (secondary N) is 2. The zero-order valence-corrected chi connectivity index (χ0v) is 12.5. The Balaban J connectivity index is 1.53. The van der Waals surface area contributed by atoms with Gasteiger partial charge in [-0.1, -0.05) is 45.4 Å². The van der Waals surface area contributed by atoms with Crippen LogP contribution in [0.3, 0.4) is 0 Å². The second kappa shape index (κ2) is 7.32. The van der Waals surface area contributed by atoms with Crippen molar-refractivity contribution in [2.24, 2.45) is 11.8 Å². The van der Waals surface area contributed by atoms with E-state index in [2.05, 4.69) is 17.6 Å². The molecule has 0 saturated heterocycles. The quantitative estimate of drug-likeness (QED) is 0.762. The first-order valence-electron chi connectivity index (χ1n) is 7.78. The van der Waals surface area contributed by atoms with E-state index in [1.165, 1.54) is 57.8 Å². The van der Waals surface area contributed by atoms with Crippen LogP contribution in [0.4, 0.5) is 0 Å². The second-order valence-electron chi connectivity index (χ2n) is 6.30. The van der Waals surface area contributed by atoms with Gasteiger partial charge in [0, 0.05) is 12.6 Å². The first-order chi connectivity index (χ1) is 8.74. The van der Waals surface area contributed by atoms with Gasteiger partial charge >= 0.3 is 0 Å². The third kappa shape index (κ3) is 4.75. The summed E-state index contributed by atoms with van der Waals surface area (Å²) in [5, 5.41) is 7.71. The Morgan fingerprint density at radius 2 is 1.72 bits per heavy atom.